The molecule has 2 heterocycles. The number of amides is 2. The van der Waals surface area contributed by atoms with Crippen LogP contribution in [-0.2, 0) is 9.59 Å². The molecule has 0 saturated heterocycles. The van der Waals surface area contributed by atoms with Crippen LogP contribution in [0.1, 0.15) is 39.2 Å². The molecule has 2 amide bonds. The van der Waals surface area contributed by atoms with E-state index in [2.05, 4.69) is 34.7 Å². The molecule has 0 spiro atoms. The van der Waals surface area contributed by atoms with Crippen LogP contribution in [0.2, 0.25) is 0 Å². The molecule has 0 atom stereocenters. The number of fused-ring (bicyclic) bond motifs is 1. The zero-order chi connectivity index (χ0) is 22.2. The number of rotatable bonds is 5. The molecule has 1 aliphatic heterocycles. The molecule has 0 fully saturated rings. The van der Waals surface area contributed by atoms with Gasteiger partial charge in [-0.25, -0.2) is 0 Å². The monoisotopic (exact) mass is 436 g/mol. The number of para-hydroxylation sites is 2. The molecular weight excluding hydrogens is 412 g/mol. The van der Waals surface area contributed by atoms with Crippen LogP contribution in [0.4, 0.5) is 11.4 Å². The number of carbonyl (C=O) groups is 2. The molecule has 0 aliphatic carbocycles. The normalized spacial score (nSPS) is 15.0. The molecular formula is C22H24N6O2S. The summed E-state index contributed by atoms with van der Waals surface area (Å²) in [6, 6.07) is 15.3. The Hall–Kier alpha value is -3.20. The van der Waals surface area contributed by atoms with Gasteiger partial charge in [-0.15, -0.1) is 5.10 Å². The minimum atomic E-state index is -1.01. The second kappa shape index (κ2) is 8.14. The van der Waals surface area contributed by atoms with Crippen LogP contribution < -0.4 is 10.2 Å². The highest BCUT2D eigenvalue weighted by Crippen LogP contribution is 2.37. The Bertz CT molecular complexity index is 1120. The van der Waals surface area contributed by atoms with Gasteiger partial charge in [0.05, 0.1) is 22.8 Å². The number of carbonyl (C=O) groups excluding carboxylic acids is 2. The molecule has 8 nitrogen and oxygen atoms in total. The Labute approximate surface area is 185 Å². The summed E-state index contributed by atoms with van der Waals surface area (Å²) in [7, 11) is 0. The van der Waals surface area contributed by atoms with Crippen molar-refractivity contribution in [1.82, 2.24) is 20.2 Å². The lowest BCUT2D eigenvalue weighted by atomic mass is 9.96. The van der Waals surface area contributed by atoms with Crippen LogP contribution in [0.15, 0.2) is 53.7 Å². The van der Waals surface area contributed by atoms with E-state index in [1.54, 1.807) is 29.5 Å². The lowest BCUT2D eigenvalue weighted by Crippen LogP contribution is -2.59. The Morgan fingerprint density at radius 1 is 1.13 bits per heavy atom. The molecule has 1 aliphatic rings. The number of anilines is 2. The summed E-state index contributed by atoms with van der Waals surface area (Å²) in [4.78, 5) is 27.4. The highest BCUT2D eigenvalue weighted by Gasteiger charge is 2.43. The second-order valence-electron chi connectivity index (χ2n) is 8.17. The first-order valence-electron chi connectivity index (χ1n) is 10.0. The average Bonchev–Trinajstić information content (AvgIpc) is 3.21. The molecule has 4 rings (SSSR count). The van der Waals surface area contributed by atoms with Crippen LogP contribution in [-0.4, -0.2) is 43.3 Å². The third kappa shape index (κ3) is 3.93. The van der Waals surface area contributed by atoms with Crippen molar-refractivity contribution in [1.29, 1.82) is 0 Å². The molecule has 0 bridgehead atoms. The van der Waals surface area contributed by atoms with Gasteiger partial charge in [0.2, 0.25) is 17.0 Å². The minimum absolute atomic E-state index is 0.0928. The van der Waals surface area contributed by atoms with Gasteiger partial charge in [0.25, 0.3) is 0 Å². The summed E-state index contributed by atoms with van der Waals surface area (Å²) < 4.78 is 1.62. The van der Waals surface area contributed by atoms with E-state index in [0.29, 0.717) is 22.4 Å². The molecule has 0 saturated carbocycles. The smallest absolute Gasteiger partial charge is 0.250 e. The third-order valence-electron chi connectivity index (χ3n) is 5.33. The van der Waals surface area contributed by atoms with Gasteiger partial charge < -0.3 is 5.32 Å². The van der Waals surface area contributed by atoms with Crippen LogP contribution in [0.5, 0.6) is 0 Å². The SMILES string of the molecule is CC(C)c1ccc(-n2nnnc2SCC(=O)N2c3ccccc3NC(=O)C2(C)C)cc1. The zero-order valence-corrected chi connectivity index (χ0v) is 18.7. The van der Waals surface area contributed by atoms with E-state index in [9.17, 15) is 9.59 Å². The number of aromatic nitrogens is 4. The molecule has 2 aromatic carbocycles. The predicted molar refractivity (Wildman–Crippen MR) is 121 cm³/mol. The van der Waals surface area contributed by atoms with Crippen molar-refractivity contribution in [2.45, 2.75) is 44.3 Å². The number of benzene rings is 2. The van der Waals surface area contributed by atoms with E-state index >= 15 is 0 Å². The summed E-state index contributed by atoms with van der Waals surface area (Å²) in [6.45, 7) is 7.75. The highest BCUT2D eigenvalue weighted by atomic mass is 32.2. The molecule has 9 heteroatoms. The van der Waals surface area contributed by atoms with Crippen LogP contribution >= 0.6 is 11.8 Å². The summed E-state index contributed by atoms with van der Waals surface area (Å²) in [5, 5.41) is 15.3. The number of tetrazole rings is 1. The van der Waals surface area contributed by atoms with Crippen molar-refractivity contribution in [3.05, 3.63) is 54.1 Å². The summed E-state index contributed by atoms with van der Waals surface area (Å²) in [5.74, 6) is 0.110. The standard InChI is InChI=1S/C22H24N6O2S/c1-14(2)15-9-11-16(12-10-15)28-21(24-25-26-28)31-13-19(29)27-18-8-6-5-7-17(18)23-20(30)22(27,3)4/h5-12,14H,13H2,1-4H3,(H,23,30). The quantitative estimate of drug-likeness (QED) is 0.614. The van der Waals surface area contributed by atoms with E-state index in [1.807, 2.05) is 42.5 Å². The lowest BCUT2D eigenvalue weighted by Gasteiger charge is -2.42. The van der Waals surface area contributed by atoms with Crippen molar-refractivity contribution < 1.29 is 9.59 Å². The first-order chi connectivity index (χ1) is 14.8. The first kappa shape index (κ1) is 21.0. The van der Waals surface area contributed by atoms with Crippen molar-refractivity contribution in [2.75, 3.05) is 16.0 Å². The predicted octanol–water partition coefficient (Wildman–Crippen LogP) is 3.64. The number of thioether (sulfide) groups is 1. The number of hydrogen-bond acceptors (Lipinski definition) is 6. The molecule has 0 unspecified atom stereocenters. The maximum absolute atomic E-state index is 13.2. The van der Waals surface area contributed by atoms with Crippen molar-refractivity contribution in [2.24, 2.45) is 0 Å². The van der Waals surface area contributed by atoms with E-state index in [4.69, 9.17) is 0 Å². The van der Waals surface area contributed by atoms with Crippen LogP contribution in [0.3, 0.4) is 0 Å². The number of nitrogens with zero attached hydrogens (tertiary/aromatic N) is 5. The first-order valence-corrected chi connectivity index (χ1v) is 11.0. The van der Waals surface area contributed by atoms with E-state index in [0.717, 1.165) is 5.69 Å². The number of nitrogens with one attached hydrogen (secondary N) is 1. The van der Waals surface area contributed by atoms with E-state index in [-0.39, 0.29) is 17.6 Å². The topological polar surface area (TPSA) is 93.0 Å². The fourth-order valence-corrected chi connectivity index (χ4v) is 4.26. The second-order valence-corrected chi connectivity index (χ2v) is 9.11. The largest absolute Gasteiger partial charge is 0.322 e. The van der Waals surface area contributed by atoms with Gasteiger partial charge in [0.15, 0.2) is 0 Å². The van der Waals surface area contributed by atoms with Gasteiger partial charge in [-0.05, 0) is 60.0 Å². The maximum Gasteiger partial charge on any atom is 0.250 e. The van der Waals surface area contributed by atoms with Gasteiger partial charge in [-0.3, -0.25) is 14.5 Å². The van der Waals surface area contributed by atoms with Crippen LogP contribution in [0.25, 0.3) is 5.69 Å². The molecule has 0 radical (unpaired) electrons. The van der Waals surface area contributed by atoms with Gasteiger partial charge in [-0.2, -0.15) is 4.68 Å². The Balaban J connectivity index is 1.55. The fraction of sp³-hybridized carbons (Fsp3) is 0.318. The lowest BCUT2D eigenvalue weighted by molar-refractivity contribution is -0.125. The maximum atomic E-state index is 13.2. The van der Waals surface area contributed by atoms with Crippen molar-refractivity contribution >= 4 is 35.0 Å². The van der Waals surface area contributed by atoms with Crippen LogP contribution in [0, 0.1) is 0 Å². The van der Waals surface area contributed by atoms with E-state index in [1.165, 1.54) is 17.3 Å². The molecule has 160 valence electrons. The van der Waals surface area contributed by atoms with Gasteiger partial charge in [0, 0.05) is 0 Å². The summed E-state index contributed by atoms with van der Waals surface area (Å²) in [6.07, 6.45) is 0. The zero-order valence-electron chi connectivity index (χ0n) is 17.9. The minimum Gasteiger partial charge on any atom is -0.322 e. The molecule has 1 aromatic heterocycles. The third-order valence-corrected chi connectivity index (χ3v) is 6.23. The average molecular weight is 437 g/mol. The van der Waals surface area contributed by atoms with Gasteiger partial charge in [0.1, 0.15) is 5.54 Å². The van der Waals surface area contributed by atoms with E-state index < -0.39 is 5.54 Å². The van der Waals surface area contributed by atoms with Gasteiger partial charge in [-0.1, -0.05) is 49.9 Å². The van der Waals surface area contributed by atoms with Crippen molar-refractivity contribution in [3.8, 4) is 5.69 Å². The Morgan fingerprint density at radius 2 is 1.84 bits per heavy atom. The molecule has 3 aromatic rings. The Morgan fingerprint density at radius 3 is 2.55 bits per heavy atom. The molecule has 1 N–H and O–H groups in total. The summed E-state index contributed by atoms with van der Waals surface area (Å²) >= 11 is 1.24. The number of hydrogen-bond donors (Lipinski definition) is 1. The highest BCUT2D eigenvalue weighted by molar-refractivity contribution is 7.99. The summed E-state index contributed by atoms with van der Waals surface area (Å²) in [5.41, 5.74) is 2.35. The fourth-order valence-electron chi connectivity index (χ4n) is 3.52. The van der Waals surface area contributed by atoms with Crippen molar-refractivity contribution in [3.63, 3.8) is 0 Å². The van der Waals surface area contributed by atoms with Gasteiger partial charge >= 0.3 is 0 Å². The molecule has 31 heavy (non-hydrogen) atoms. The Kier molecular flexibility index (Phi) is 5.53.